The molecule has 2 N–H and O–H groups in total. The van der Waals surface area contributed by atoms with Gasteiger partial charge in [-0.05, 0) is 19.1 Å². The minimum Gasteiger partial charge on any atom is -0.467 e. The second kappa shape index (κ2) is 6.52. The summed E-state index contributed by atoms with van der Waals surface area (Å²) in [6.07, 6.45) is 0. The number of methoxy groups -OCH3 is 1. The zero-order chi connectivity index (χ0) is 12.7. The number of anilines is 1. The summed E-state index contributed by atoms with van der Waals surface area (Å²) < 4.78 is 4.50. The molecular weight excluding hydrogens is 220 g/mol. The van der Waals surface area contributed by atoms with E-state index in [-0.39, 0.29) is 12.5 Å². The molecule has 1 rings (SSSR count). The highest BCUT2D eigenvalue weighted by Crippen LogP contribution is 2.03. The average Bonchev–Trinajstić information content (AvgIpc) is 2.36. The fourth-order valence-electron chi connectivity index (χ4n) is 1.27. The van der Waals surface area contributed by atoms with Gasteiger partial charge in [0, 0.05) is 5.69 Å². The van der Waals surface area contributed by atoms with Crippen molar-refractivity contribution in [3.8, 4) is 0 Å². The van der Waals surface area contributed by atoms with Crippen LogP contribution in [0.15, 0.2) is 30.3 Å². The van der Waals surface area contributed by atoms with E-state index in [2.05, 4.69) is 15.4 Å². The lowest BCUT2D eigenvalue weighted by Gasteiger charge is -2.12. The van der Waals surface area contributed by atoms with E-state index in [9.17, 15) is 9.59 Å². The molecule has 0 aromatic heterocycles. The second-order valence-electron chi connectivity index (χ2n) is 3.53. The van der Waals surface area contributed by atoms with Crippen molar-refractivity contribution in [2.45, 2.75) is 13.0 Å². The summed E-state index contributed by atoms with van der Waals surface area (Å²) in [4.78, 5) is 22.5. The number of hydrogen-bond acceptors (Lipinski definition) is 4. The Balaban J connectivity index is 2.33. The smallest absolute Gasteiger partial charge is 0.328 e. The van der Waals surface area contributed by atoms with Crippen molar-refractivity contribution < 1.29 is 14.3 Å². The first-order valence-electron chi connectivity index (χ1n) is 5.29. The van der Waals surface area contributed by atoms with Crippen LogP contribution in [0, 0.1) is 0 Å². The van der Waals surface area contributed by atoms with E-state index in [1.54, 1.807) is 6.92 Å². The fourth-order valence-corrected chi connectivity index (χ4v) is 1.27. The molecule has 0 aliphatic carbocycles. The van der Waals surface area contributed by atoms with Crippen LogP contribution in [-0.4, -0.2) is 31.6 Å². The molecule has 0 saturated carbocycles. The maximum atomic E-state index is 11.5. The third kappa shape index (κ3) is 4.55. The summed E-state index contributed by atoms with van der Waals surface area (Å²) in [7, 11) is 1.28. The Bertz CT molecular complexity index is 379. The van der Waals surface area contributed by atoms with E-state index in [0.717, 1.165) is 5.69 Å². The van der Waals surface area contributed by atoms with Gasteiger partial charge in [0.1, 0.15) is 6.04 Å². The van der Waals surface area contributed by atoms with Gasteiger partial charge in [0.05, 0.1) is 13.7 Å². The van der Waals surface area contributed by atoms with Crippen LogP contribution in [0.2, 0.25) is 0 Å². The Hall–Kier alpha value is -2.04. The number of esters is 1. The number of hydrogen-bond donors (Lipinski definition) is 2. The Kier molecular flexibility index (Phi) is 5.00. The molecule has 5 nitrogen and oxygen atoms in total. The number of rotatable bonds is 5. The largest absolute Gasteiger partial charge is 0.467 e. The van der Waals surface area contributed by atoms with E-state index in [0.29, 0.717) is 0 Å². The number of amides is 1. The molecule has 1 amide bonds. The lowest BCUT2D eigenvalue weighted by atomic mass is 10.3. The average molecular weight is 236 g/mol. The van der Waals surface area contributed by atoms with Crippen LogP contribution in [0.3, 0.4) is 0 Å². The highest BCUT2D eigenvalue weighted by molar-refractivity contribution is 5.86. The molecule has 1 aromatic carbocycles. The van der Waals surface area contributed by atoms with E-state index >= 15 is 0 Å². The van der Waals surface area contributed by atoms with Crippen molar-refractivity contribution in [1.29, 1.82) is 0 Å². The number of carbonyl (C=O) groups excluding carboxylic acids is 2. The summed E-state index contributed by atoms with van der Waals surface area (Å²) >= 11 is 0. The zero-order valence-electron chi connectivity index (χ0n) is 9.90. The summed E-state index contributed by atoms with van der Waals surface area (Å²) in [6, 6.07) is 8.72. The van der Waals surface area contributed by atoms with Gasteiger partial charge in [-0.25, -0.2) is 4.79 Å². The molecule has 0 radical (unpaired) electrons. The minimum atomic E-state index is -0.634. The van der Waals surface area contributed by atoms with Crippen LogP contribution in [0.4, 0.5) is 5.69 Å². The molecule has 1 unspecified atom stereocenters. The monoisotopic (exact) mass is 236 g/mol. The van der Waals surface area contributed by atoms with Crippen molar-refractivity contribution in [3.05, 3.63) is 30.3 Å². The maximum Gasteiger partial charge on any atom is 0.328 e. The highest BCUT2D eigenvalue weighted by Gasteiger charge is 2.15. The maximum absolute atomic E-state index is 11.5. The van der Waals surface area contributed by atoms with Gasteiger partial charge in [-0.15, -0.1) is 0 Å². The van der Waals surface area contributed by atoms with Gasteiger partial charge in [-0.1, -0.05) is 18.2 Å². The van der Waals surface area contributed by atoms with Crippen LogP contribution in [0.5, 0.6) is 0 Å². The first kappa shape index (κ1) is 13.0. The zero-order valence-corrected chi connectivity index (χ0v) is 9.90. The molecule has 0 fully saturated rings. The fraction of sp³-hybridized carbons (Fsp3) is 0.333. The Morgan fingerprint density at radius 2 is 1.94 bits per heavy atom. The molecule has 0 bridgehead atoms. The quantitative estimate of drug-likeness (QED) is 0.741. The van der Waals surface area contributed by atoms with Gasteiger partial charge in [-0.3, -0.25) is 4.79 Å². The third-order valence-electron chi connectivity index (χ3n) is 2.16. The lowest BCUT2D eigenvalue weighted by molar-refractivity contribution is -0.144. The van der Waals surface area contributed by atoms with Gasteiger partial charge in [0.2, 0.25) is 5.91 Å². The van der Waals surface area contributed by atoms with E-state index in [4.69, 9.17) is 0 Å². The summed E-state index contributed by atoms with van der Waals surface area (Å²) in [5, 5.41) is 5.47. The van der Waals surface area contributed by atoms with Crippen LogP contribution < -0.4 is 10.6 Å². The Labute approximate surface area is 100 Å². The molecule has 1 atom stereocenters. The van der Waals surface area contributed by atoms with Gasteiger partial charge in [-0.2, -0.15) is 0 Å². The van der Waals surface area contributed by atoms with E-state index in [1.165, 1.54) is 7.11 Å². The first-order chi connectivity index (χ1) is 8.13. The number of ether oxygens (including phenoxy) is 1. The molecule has 0 heterocycles. The summed E-state index contributed by atoms with van der Waals surface area (Å²) in [6.45, 7) is 1.69. The predicted molar refractivity (Wildman–Crippen MR) is 64.6 cm³/mol. The van der Waals surface area contributed by atoms with Crippen molar-refractivity contribution in [2.75, 3.05) is 19.0 Å². The topological polar surface area (TPSA) is 67.4 Å². The van der Waals surface area contributed by atoms with Crippen molar-refractivity contribution in [3.63, 3.8) is 0 Å². The SMILES string of the molecule is COC(=O)C(C)NC(=O)CNc1ccccc1. The van der Waals surface area contributed by atoms with Crippen molar-refractivity contribution in [1.82, 2.24) is 5.32 Å². The minimum absolute atomic E-state index is 0.116. The molecule has 0 aliphatic rings. The highest BCUT2D eigenvalue weighted by atomic mass is 16.5. The van der Waals surface area contributed by atoms with Crippen molar-refractivity contribution in [2.24, 2.45) is 0 Å². The molecule has 0 spiro atoms. The second-order valence-corrected chi connectivity index (χ2v) is 3.53. The molecule has 17 heavy (non-hydrogen) atoms. The standard InChI is InChI=1S/C12H16N2O3/c1-9(12(16)17-2)14-11(15)8-13-10-6-4-3-5-7-10/h3-7,9,13H,8H2,1-2H3,(H,14,15). The molecule has 0 aliphatic heterocycles. The van der Waals surface area contributed by atoms with Crippen LogP contribution in [0.1, 0.15) is 6.92 Å². The summed E-state index contributed by atoms with van der Waals surface area (Å²) in [5.74, 6) is -0.718. The van der Waals surface area contributed by atoms with Crippen LogP contribution >= 0.6 is 0 Å². The van der Waals surface area contributed by atoms with Gasteiger partial charge in [0.15, 0.2) is 0 Å². The molecular formula is C12H16N2O3. The van der Waals surface area contributed by atoms with Gasteiger partial charge < -0.3 is 15.4 Å². The van der Waals surface area contributed by atoms with Crippen molar-refractivity contribution >= 4 is 17.6 Å². The summed E-state index contributed by atoms with van der Waals surface area (Å²) in [5.41, 5.74) is 0.855. The Morgan fingerprint density at radius 1 is 1.29 bits per heavy atom. The third-order valence-corrected chi connectivity index (χ3v) is 2.16. The van der Waals surface area contributed by atoms with E-state index < -0.39 is 12.0 Å². The van der Waals surface area contributed by atoms with Gasteiger partial charge >= 0.3 is 5.97 Å². The number of carbonyl (C=O) groups is 2. The number of nitrogens with one attached hydrogen (secondary N) is 2. The number of benzene rings is 1. The lowest BCUT2D eigenvalue weighted by Crippen LogP contribution is -2.41. The Morgan fingerprint density at radius 3 is 2.53 bits per heavy atom. The molecule has 92 valence electrons. The number of para-hydroxylation sites is 1. The predicted octanol–water partition coefficient (Wildman–Crippen LogP) is 0.776. The van der Waals surface area contributed by atoms with Crippen LogP contribution in [-0.2, 0) is 14.3 Å². The molecule has 0 saturated heterocycles. The van der Waals surface area contributed by atoms with E-state index in [1.807, 2.05) is 30.3 Å². The van der Waals surface area contributed by atoms with Gasteiger partial charge in [0.25, 0.3) is 0 Å². The first-order valence-corrected chi connectivity index (χ1v) is 5.29. The van der Waals surface area contributed by atoms with Crippen LogP contribution in [0.25, 0.3) is 0 Å². The normalized spacial score (nSPS) is 11.4. The molecule has 1 aromatic rings. The molecule has 5 heteroatoms.